The van der Waals surface area contributed by atoms with Crippen molar-refractivity contribution < 1.29 is 9.53 Å². The molecular weight excluding hydrogens is 284 g/mol. The molecule has 0 fully saturated rings. The van der Waals surface area contributed by atoms with Crippen LogP contribution in [0, 0.1) is 0 Å². The minimum Gasteiger partial charge on any atom is -0.423 e. The molecule has 0 saturated carbocycles. The van der Waals surface area contributed by atoms with Crippen LogP contribution in [0.2, 0.25) is 0 Å². The molecule has 1 aromatic rings. The van der Waals surface area contributed by atoms with E-state index in [1.807, 2.05) is 0 Å². The highest BCUT2D eigenvalue weighted by Crippen LogP contribution is 2.30. The summed E-state index contributed by atoms with van der Waals surface area (Å²) in [6.45, 7) is 10.1. The second-order valence-corrected chi connectivity index (χ2v) is 6.18. The number of carbonyl (C=O) groups is 1. The van der Waals surface area contributed by atoms with E-state index in [0.29, 0.717) is 0 Å². The molecule has 0 amide bonds. The standard InChI is InChI=1S/C21H32O2/c1-5-9-12-17-15-18(13-10-6-2)21(23-20(22)8-4)19(16-17)14-11-7-3/h8,15-16H,4-7,9-14H2,1-3H3. The van der Waals surface area contributed by atoms with Crippen molar-refractivity contribution in [2.75, 3.05) is 0 Å². The van der Waals surface area contributed by atoms with Gasteiger partial charge in [0.05, 0.1) is 0 Å². The van der Waals surface area contributed by atoms with Gasteiger partial charge in [0.1, 0.15) is 5.75 Å². The van der Waals surface area contributed by atoms with Crippen LogP contribution < -0.4 is 4.74 Å². The van der Waals surface area contributed by atoms with E-state index in [-0.39, 0.29) is 5.97 Å². The van der Waals surface area contributed by atoms with Gasteiger partial charge in [-0.1, -0.05) is 58.7 Å². The maximum atomic E-state index is 11.7. The lowest BCUT2D eigenvalue weighted by atomic mass is 9.95. The van der Waals surface area contributed by atoms with E-state index in [1.165, 1.54) is 35.6 Å². The SMILES string of the molecule is C=CC(=O)Oc1c(CCCC)cc(CCCC)cc1CCCC. The van der Waals surface area contributed by atoms with Crippen molar-refractivity contribution in [3.63, 3.8) is 0 Å². The Bertz CT molecular complexity index is 474. The molecule has 0 heterocycles. The summed E-state index contributed by atoms with van der Waals surface area (Å²) in [6, 6.07) is 4.49. The van der Waals surface area contributed by atoms with Crippen molar-refractivity contribution in [1.29, 1.82) is 0 Å². The van der Waals surface area contributed by atoms with Gasteiger partial charge >= 0.3 is 5.97 Å². The van der Waals surface area contributed by atoms with Gasteiger partial charge < -0.3 is 4.74 Å². The smallest absolute Gasteiger partial charge is 0.335 e. The molecule has 128 valence electrons. The number of benzene rings is 1. The lowest BCUT2D eigenvalue weighted by molar-refractivity contribution is -0.129. The summed E-state index contributed by atoms with van der Waals surface area (Å²) in [5, 5.41) is 0. The molecule has 1 aromatic carbocycles. The zero-order valence-corrected chi connectivity index (χ0v) is 15.1. The molecule has 0 saturated heterocycles. The third-order valence-electron chi connectivity index (χ3n) is 4.09. The number of esters is 1. The second-order valence-electron chi connectivity index (χ2n) is 6.18. The first-order valence-electron chi connectivity index (χ1n) is 9.15. The monoisotopic (exact) mass is 316 g/mol. The van der Waals surface area contributed by atoms with E-state index in [2.05, 4.69) is 39.5 Å². The summed E-state index contributed by atoms with van der Waals surface area (Å²) >= 11 is 0. The number of ether oxygens (including phenoxy) is 1. The minimum absolute atomic E-state index is 0.359. The number of hydrogen-bond acceptors (Lipinski definition) is 2. The minimum atomic E-state index is -0.359. The van der Waals surface area contributed by atoms with Crippen molar-refractivity contribution in [1.82, 2.24) is 0 Å². The fraction of sp³-hybridized carbons (Fsp3) is 0.571. The molecular formula is C21H32O2. The maximum absolute atomic E-state index is 11.7. The average molecular weight is 316 g/mol. The molecule has 2 heteroatoms. The number of rotatable bonds is 11. The van der Waals surface area contributed by atoms with Crippen molar-refractivity contribution in [3.8, 4) is 5.75 Å². The number of unbranched alkanes of at least 4 members (excludes halogenated alkanes) is 3. The van der Waals surface area contributed by atoms with Gasteiger partial charge in [-0.05, 0) is 55.2 Å². The van der Waals surface area contributed by atoms with E-state index in [9.17, 15) is 4.79 Å². The van der Waals surface area contributed by atoms with Gasteiger partial charge in [0.25, 0.3) is 0 Å². The predicted octanol–water partition coefficient (Wildman–Crippen LogP) is 5.81. The quantitative estimate of drug-likeness (QED) is 0.293. The van der Waals surface area contributed by atoms with Crippen LogP contribution in [-0.4, -0.2) is 5.97 Å². The number of carbonyl (C=O) groups excluding carboxylic acids is 1. The van der Waals surface area contributed by atoms with E-state index in [1.54, 1.807) is 0 Å². The molecule has 0 aliphatic heterocycles. The van der Waals surface area contributed by atoms with Gasteiger partial charge in [0, 0.05) is 6.08 Å². The molecule has 2 nitrogen and oxygen atoms in total. The van der Waals surface area contributed by atoms with E-state index < -0.39 is 0 Å². The Labute approximate surface area is 141 Å². The maximum Gasteiger partial charge on any atom is 0.335 e. The Morgan fingerprint density at radius 2 is 1.43 bits per heavy atom. The molecule has 0 aromatic heterocycles. The summed E-state index contributed by atoms with van der Waals surface area (Å²) in [5.74, 6) is 0.429. The third kappa shape index (κ3) is 6.60. The molecule has 0 N–H and O–H groups in total. The molecule has 0 bridgehead atoms. The first kappa shape index (κ1) is 19.5. The van der Waals surface area contributed by atoms with Crippen LogP contribution in [0.5, 0.6) is 5.75 Å². The zero-order chi connectivity index (χ0) is 17.1. The van der Waals surface area contributed by atoms with Gasteiger partial charge in [-0.3, -0.25) is 0 Å². The van der Waals surface area contributed by atoms with E-state index in [4.69, 9.17) is 4.74 Å². The van der Waals surface area contributed by atoms with Gasteiger partial charge in [0.2, 0.25) is 0 Å². The molecule has 0 unspecified atom stereocenters. The van der Waals surface area contributed by atoms with Gasteiger partial charge in [-0.25, -0.2) is 4.79 Å². The first-order valence-corrected chi connectivity index (χ1v) is 9.15. The van der Waals surface area contributed by atoms with Crippen molar-refractivity contribution >= 4 is 5.97 Å². The molecule has 0 radical (unpaired) electrons. The summed E-state index contributed by atoms with van der Waals surface area (Å²) in [6.07, 6.45) is 11.2. The van der Waals surface area contributed by atoms with Gasteiger partial charge in [0.15, 0.2) is 0 Å². The molecule has 0 aliphatic carbocycles. The van der Waals surface area contributed by atoms with Crippen molar-refractivity contribution in [3.05, 3.63) is 41.5 Å². The van der Waals surface area contributed by atoms with Crippen LogP contribution in [0.1, 0.15) is 76.0 Å². The Hall–Kier alpha value is -1.57. The Morgan fingerprint density at radius 1 is 0.957 bits per heavy atom. The largest absolute Gasteiger partial charge is 0.423 e. The van der Waals surface area contributed by atoms with E-state index >= 15 is 0 Å². The van der Waals surface area contributed by atoms with Crippen molar-refractivity contribution in [2.45, 2.75) is 78.6 Å². The Morgan fingerprint density at radius 3 is 1.87 bits per heavy atom. The highest BCUT2D eigenvalue weighted by atomic mass is 16.5. The highest BCUT2D eigenvalue weighted by molar-refractivity contribution is 5.84. The fourth-order valence-electron chi connectivity index (χ4n) is 2.73. The first-order chi connectivity index (χ1) is 11.2. The van der Waals surface area contributed by atoms with Crippen LogP contribution in [0.4, 0.5) is 0 Å². The summed E-state index contributed by atoms with van der Waals surface area (Å²) in [7, 11) is 0. The molecule has 1 rings (SSSR count). The van der Waals surface area contributed by atoms with Crippen LogP contribution in [0.15, 0.2) is 24.8 Å². The summed E-state index contributed by atoms with van der Waals surface area (Å²) in [4.78, 5) is 11.7. The topological polar surface area (TPSA) is 26.3 Å². The highest BCUT2D eigenvalue weighted by Gasteiger charge is 2.14. The molecule has 0 aliphatic rings. The zero-order valence-electron chi connectivity index (χ0n) is 15.1. The average Bonchev–Trinajstić information content (AvgIpc) is 2.57. The van der Waals surface area contributed by atoms with Crippen LogP contribution in [0.3, 0.4) is 0 Å². The molecule has 23 heavy (non-hydrogen) atoms. The molecule has 0 atom stereocenters. The van der Waals surface area contributed by atoms with E-state index in [0.717, 1.165) is 50.7 Å². The normalized spacial score (nSPS) is 10.6. The van der Waals surface area contributed by atoms with Crippen LogP contribution in [0.25, 0.3) is 0 Å². The Kier molecular flexibility index (Phi) is 9.35. The summed E-state index contributed by atoms with van der Waals surface area (Å²) < 4.78 is 5.62. The van der Waals surface area contributed by atoms with Gasteiger partial charge in [-0.2, -0.15) is 0 Å². The lowest BCUT2D eigenvalue weighted by Crippen LogP contribution is -2.09. The fourth-order valence-corrected chi connectivity index (χ4v) is 2.73. The van der Waals surface area contributed by atoms with Crippen LogP contribution in [-0.2, 0) is 24.1 Å². The number of aryl methyl sites for hydroxylation is 3. The predicted molar refractivity (Wildman–Crippen MR) is 98.1 cm³/mol. The van der Waals surface area contributed by atoms with Crippen LogP contribution >= 0.6 is 0 Å². The molecule has 0 spiro atoms. The third-order valence-corrected chi connectivity index (χ3v) is 4.09. The Balaban J connectivity index is 3.20. The lowest BCUT2D eigenvalue weighted by Gasteiger charge is -2.16. The summed E-state index contributed by atoms with van der Waals surface area (Å²) in [5.41, 5.74) is 3.74. The van der Waals surface area contributed by atoms with Gasteiger partial charge in [-0.15, -0.1) is 0 Å². The van der Waals surface area contributed by atoms with Crippen molar-refractivity contribution in [2.24, 2.45) is 0 Å². The number of hydrogen-bond donors (Lipinski definition) is 0. The second kappa shape index (κ2) is 11.0.